The van der Waals surface area contributed by atoms with Gasteiger partial charge in [-0.1, -0.05) is 55.5 Å². The summed E-state index contributed by atoms with van der Waals surface area (Å²) in [7, 11) is -3.68. The molecule has 1 aromatic heterocycles. The molecule has 0 aliphatic rings. The van der Waals surface area contributed by atoms with Crippen LogP contribution in [-0.2, 0) is 16.6 Å². The second-order valence-electron chi connectivity index (χ2n) is 6.14. The summed E-state index contributed by atoms with van der Waals surface area (Å²) in [6.07, 6.45) is 1.49. The van der Waals surface area contributed by atoms with Gasteiger partial charge in [-0.3, -0.25) is 9.36 Å². The third-order valence-electron chi connectivity index (χ3n) is 4.30. The zero-order chi connectivity index (χ0) is 18.7. The predicted octanol–water partition coefficient (Wildman–Crippen LogP) is 3.90. The zero-order valence-corrected chi connectivity index (χ0v) is 16.4. The van der Waals surface area contributed by atoms with Gasteiger partial charge in [0, 0.05) is 12.6 Å². The molecule has 0 fully saturated rings. The summed E-state index contributed by atoms with van der Waals surface area (Å²) < 4.78 is 30.9. The van der Waals surface area contributed by atoms with Crippen LogP contribution in [0.2, 0.25) is 0 Å². The summed E-state index contributed by atoms with van der Waals surface area (Å²) in [6, 6.07) is 14.1. The lowest BCUT2D eigenvalue weighted by molar-refractivity contribution is 0.550. The Kier molecular flexibility index (Phi) is 5.60. The first-order valence-corrected chi connectivity index (χ1v) is 11.0. The number of aryl methyl sites for hydroxylation is 1. The van der Waals surface area contributed by atoms with Crippen LogP contribution >= 0.6 is 11.3 Å². The highest BCUT2D eigenvalue weighted by Crippen LogP contribution is 2.24. The molecule has 0 bridgehead atoms. The van der Waals surface area contributed by atoms with E-state index >= 15 is 0 Å². The van der Waals surface area contributed by atoms with Crippen LogP contribution < -0.4 is 9.60 Å². The molecule has 0 aliphatic heterocycles. The van der Waals surface area contributed by atoms with E-state index in [0.717, 1.165) is 28.8 Å². The van der Waals surface area contributed by atoms with Gasteiger partial charge in [-0.25, -0.2) is 13.1 Å². The highest BCUT2D eigenvalue weighted by molar-refractivity contribution is 7.89. The minimum atomic E-state index is -3.68. The normalized spacial score (nSPS) is 13.2. The fourth-order valence-electron chi connectivity index (χ4n) is 2.98. The van der Waals surface area contributed by atoms with E-state index in [1.54, 1.807) is 22.8 Å². The molecule has 1 unspecified atom stereocenters. The lowest BCUT2D eigenvalue weighted by Crippen LogP contribution is -2.28. The Hall–Kier alpha value is -1.96. The lowest BCUT2D eigenvalue weighted by Gasteiger charge is -2.17. The van der Waals surface area contributed by atoms with Gasteiger partial charge in [0.15, 0.2) is 0 Å². The molecule has 3 aromatic rings. The topological polar surface area (TPSA) is 68.2 Å². The lowest BCUT2D eigenvalue weighted by atomic mass is 10.1. The molecule has 26 heavy (non-hydrogen) atoms. The first-order chi connectivity index (χ1) is 12.5. The van der Waals surface area contributed by atoms with Crippen LogP contribution in [0.3, 0.4) is 0 Å². The summed E-state index contributed by atoms with van der Waals surface area (Å²) in [6.45, 7) is 4.59. The molecule has 7 heteroatoms. The van der Waals surface area contributed by atoms with Gasteiger partial charge in [0.1, 0.15) is 0 Å². The fraction of sp³-hybridized carbons (Fsp3) is 0.316. The van der Waals surface area contributed by atoms with Crippen molar-refractivity contribution in [2.24, 2.45) is 0 Å². The molecular formula is C19H22N2O3S2. The molecule has 5 nitrogen and oxygen atoms in total. The van der Waals surface area contributed by atoms with E-state index in [0.29, 0.717) is 17.7 Å². The van der Waals surface area contributed by atoms with Gasteiger partial charge in [0.25, 0.3) is 0 Å². The van der Waals surface area contributed by atoms with E-state index in [1.807, 2.05) is 44.2 Å². The number of benzene rings is 2. The van der Waals surface area contributed by atoms with E-state index in [1.165, 1.54) is 0 Å². The molecule has 1 N–H and O–H groups in total. The van der Waals surface area contributed by atoms with Crippen LogP contribution in [-0.4, -0.2) is 13.0 Å². The van der Waals surface area contributed by atoms with Crippen LogP contribution in [0.4, 0.5) is 0 Å². The molecule has 1 atom stereocenters. The second kappa shape index (κ2) is 7.73. The number of nitrogens with one attached hydrogen (secondary N) is 1. The first kappa shape index (κ1) is 18.8. The average molecular weight is 391 g/mol. The van der Waals surface area contributed by atoms with Gasteiger partial charge in [0.2, 0.25) is 10.0 Å². The molecule has 0 aliphatic carbocycles. The largest absolute Gasteiger partial charge is 0.308 e. The van der Waals surface area contributed by atoms with Gasteiger partial charge in [0.05, 0.1) is 15.1 Å². The summed E-state index contributed by atoms with van der Waals surface area (Å²) in [5.41, 5.74) is 1.72. The molecule has 0 radical (unpaired) electrons. The minimum absolute atomic E-state index is 0.0555. The summed E-state index contributed by atoms with van der Waals surface area (Å²) in [4.78, 5) is 12.2. The van der Waals surface area contributed by atoms with Crippen LogP contribution in [0, 0.1) is 0 Å². The van der Waals surface area contributed by atoms with Crippen molar-refractivity contribution in [3.8, 4) is 0 Å². The number of thiazole rings is 1. The molecule has 1 heterocycles. The number of nitrogens with zero attached hydrogens (tertiary/aromatic N) is 1. The maximum absolute atomic E-state index is 12.8. The SMILES string of the molecule is CCCn1c(=O)sc2cc(S(=O)(=O)NC(CC)c3ccccc3)ccc21. The highest BCUT2D eigenvalue weighted by atomic mass is 32.2. The number of fused-ring (bicyclic) bond motifs is 1. The van der Waals surface area contributed by atoms with E-state index in [2.05, 4.69) is 4.72 Å². The third kappa shape index (κ3) is 3.75. The first-order valence-electron chi connectivity index (χ1n) is 8.67. The summed E-state index contributed by atoms with van der Waals surface area (Å²) >= 11 is 1.09. The number of hydrogen-bond donors (Lipinski definition) is 1. The van der Waals surface area contributed by atoms with Crippen LogP contribution in [0.1, 0.15) is 38.3 Å². The molecule has 138 valence electrons. The van der Waals surface area contributed by atoms with Crippen molar-refractivity contribution in [3.05, 3.63) is 63.8 Å². The number of sulfonamides is 1. The standard InChI is InChI=1S/C19H22N2O3S2/c1-3-12-21-17-11-10-15(13-18(17)25-19(21)22)26(23,24)20-16(4-2)14-8-6-5-7-9-14/h5-11,13,16,20H,3-4,12H2,1-2H3. The minimum Gasteiger partial charge on any atom is -0.299 e. The second-order valence-corrected chi connectivity index (χ2v) is 8.85. The molecule has 0 spiro atoms. The monoisotopic (exact) mass is 390 g/mol. The van der Waals surface area contributed by atoms with Crippen LogP contribution in [0.25, 0.3) is 10.2 Å². The van der Waals surface area contributed by atoms with Crippen molar-refractivity contribution < 1.29 is 8.42 Å². The molecule has 3 rings (SSSR count). The molecule has 0 amide bonds. The number of hydrogen-bond acceptors (Lipinski definition) is 4. The Labute approximate surface area is 157 Å². The Morgan fingerprint density at radius 2 is 1.85 bits per heavy atom. The molecule has 0 saturated carbocycles. The third-order valence-corrected chi connectivity index (χ3v) is 6.72. The summed E-state index contributed by atoms with van der Waals surface area (Å²) in [5, 5.41) is 0. The molecule has 0 saturated heterocycles. The van der Waals surface area contributed by atoms with Gasteiger partial charge in [-0.05, 0) is 36.6 Å². The molecular weight excluding hydrogens is 368 g/mol. The molecule has 2 aromatic carbocycles. The summed E-state index contributed by atoms with van der Waals surface area (Å²) in [5.74, 6) is 0. The van der Waals surface area contributed by atoms with Crippen LogP contribution in [0.5, 0.6) is 0 Å². The smallest absolute Gasteiger partial charge is 0.299 e. The highest BCUT2D eigenvalue weighted by Gasteiger charge is 2.21. The van der Waals surface area contributed by atoms with Gasteiger partial charge in [-0.2, -0.15) is 0 Å². The van der Waals surface area contributed by atoms with Crippen molar-refractivity contribution in [2.45, 2.75) is 44.2 Å². The predicted molar refractivity (Wildman–Crippen MR) is 106 cm³/mol. The van der Waals surface area contributed by atoms with E-state index in [9.17, 15) is 13.2 Å². The Morgan fingerprint density at radius 3 is 2.50 bits per heavy atom. The van der Waals surface area contributed by atoms with Gasteiger partial charge >= 0.3 is 4.87 Å². The fourth-order valence-corrected chi connectivity index (χ4v) is 5.34. The van der Waals surface area contributed by atoms with Gasteiger partial charge in [-0.15, -0.1) is 0 Å². The number of aromatic nitrogens is 1. The van der Waals surface area contributed by atoms with Gasteiger partial charge < -0.3 is 0 Å². The van der Waals surface area contributed by atoms with Crippen molar-refractivity contribution in [1.82, 2.24) is 9.29 Å². The average Bonchev–Trinajstić information content (AvgIpc) is 2.95. The zero-order valence-electron chi connectivity index (χ0n) is 14.8. The Balaban J connectivity index is 1.95. The Morgan fingerprint density at radius 1 is 1.12 bits per heavy atom. The van der Waals surface area contributed by atoms with Crippen molar-refractivity contribution in [1.29, 1.82) is 0 Å². The maximum Gasteiger partial charge on any atom is 0.308 e. The van der Waals surface area contributed by atoms with Crippen molar-refractivity contribution in [2.75, 3.05) is 0 Å². The van der Waals surface area contributed by atoms with Crippen LogP contribution in [0.15, 0.2) is 58.2 Å². The van der Waals surface area contributed by atoms with Crippen molar-refractivity contribution in [3.63, 3.8) is 0 Å². The van der Waals surface area contributed by atoms with E-state index in [-0.39, 0.29) is 15.8 Å². The van der Waals surface area contributed by atoms with Crippen molar-refractivity contribution >= 4 is 31.6 Å². The quantitative estimate of drug-likeness (QED) is 0.665. The maximum atomic E-state index is 12.8. The van der Waals surface area contributed by atoms with E-state index in [4.69, 9.17) is 0 Å². The Bertz CT molecular complexity index is 1050. The number of rotatable bonds is 7. The van der Waals surface area contributed by atoms with E-state index < -0.39 is 10.0 Å².